The summed E-state index contributed by atoms with van der Waals surface area (Å²) in [6.45, 7) is 1.95. The van der Waals surface area contributed by atoms with Crippen LogP contribution in [0, 0.1) is 0 Å². The first-order valence-electron chi connectivity index (χ1n) is 9.28. The van der Waals surface area contributed by atoms with Crippen molar-refractivity contribution >= 4 is 5.91 Å². The SMILES string of the molecule is CC(NC(=O)c1ccc(Oc2ccccc2)cc1)c1ccc(-n2cncn2)cc1. The fourth-order valence-corrected chi connectivity index (χ4v) is 2.92. The van der Waals surface area contributed by atoms with Crippen LogP contribution in [0.2, 0.25) is 0 Å². The van der Waals surface area contributed by atoms with Crippen molar-refractivity contribution in [2.24, 2.45) is 0 Å². The van der Waals surface area contributed by atoms with Crippen molar-refractivity contribution in [2.75, 3.05) is 0 Å². The minimum atomic E-state index is -0.135. The van der Waals surface area contributed by atoms with Crippen molar-refractivity contribution < 1.29 is 9.53 Å². The third-order valence-corrected chi connectivity index (χ3v) is 4.52. The van der Waals surface area contributed by atoms with Gasteiger partial charge in [-0.3, -0.25) is 4.79 Å². The van der Waals surface area contributed by atoms with Gasteiger partial charge in [0.25, 0.3) is 5.91 Å². The molecule has 4 rings (SSSR count). The van der Waals surface area contributed by atoms with Crippen LogP contribution in [0.15, 0.2) is 91.5 Å². The van der Waals surface area contributed by atoms with Gasteiger partial charge in [0.15, 0.2) is 0 Å². The summed E-state index contributed by atoms with van der Waals surface area (Å²) in [7, 11) is 0. The largest absolute Gasteiger partial charge is 0.457 e. The van der Waals surface area contributed by atoms with E-state index in [0.29, 0.717) is 11.3 Å². The molecule has 1 atom stereocenters. The zero-order chi connectivity index (χ0) is 20.1. The Balaban J connectivity index is 1.38. The molecule has 0 radical (unpaired) electrons. The van der Waals surface area contributed by atoms with E-state index in [1.807, 2.05) is 61.5 Å². The second-order valence-corrected chi connectivity index (χ2v) is 6.57. The number of carbonyl (C=O) groups is 1. The van der Waals surface area contributed by atoms with Crippen LogP contribution >= 0.6 is 0 Å². The average Bonchev–Trinajstić information content (AvgIpc) is 3.30. The van der Waals surface area contributed by atoms with E-state index >= 15 is 0 Å². The molecule has 1 amide bonds. The van der Waals surface area contributed by atoms with Crippen LogP contribution in [0.4, 0.5) is 0 Å². The molecule has 0 saturated carbocycles. The third-order valence-electron chi connectivity index (χ3n) is 4.52. The molecule has 0 aliphatic carbocycles. The quantitative estimate of drug-likeness (QED) is 0.529. The summed E-state index contributed by atoms with van der Waals surface area (Å²) in [6, 6.07) is 24.3. The first-order chi connectivity index (χ1) is 14.2. The average molecular weight is 384 g/mol. The fraction of sp³-hybridized carbons (Fsp3) is 0.0870. The maximum Gasteiger partial charge on any atom is 0.251 e. The number of benzene rings is 3. The number of aromatic nitrogens is 3. The van der Waals surface area contributed by atoms with Crippen LogP contribution in [-0.4, -0.2) is 20.7 Å². The molecule has 6 heteroatoms. The van der Waals surface area contributed by atoms with Gasteiger partial charge in [0, 0.05) is 5.56 Å². The summed E-state index contributed by atoms with van der Waals surface area (Å²) >= 11 is 0. The fourth-order valence-electron chi connectivity index (χ4n) is 2.92. The zero-order valence-corrected chi connectivity index (χ0v) is 15.9. The van der Waals surface area contributed by atoms with Crippen molar-refractivity contribution in [3.05, 3.63) is 103 Å². The lowest BCUT2D eigenvalue weighted by Crippen LogP contribution is -2.26. The van der Waals surface area contributed by atoms with Gasteiger partial charge in [0.1, 0.15) is 24.2 Å². The number of nitrogens with zero attached hydrogens (tertiary/aromatic N) is 3. The Kier molecular flexibility index (Phi) is 5.33. The van der Waals surface area contributed by atoms with E-state index in [4.69, 9.17) is 4.74 Å². The molecule has 0 bridgehead atoms. The number of hydrogen-bond donors (Lipinski definition) is 1. The van der Waals surface area contributed by atoms with E-state index in [0.717, 1.165) is 17.0 Å². The van der Waals surface area contributed by atoms with E-state index in [9.17, 15) is 4.79 Å². The van der Waals surface area contributed by atoms with Crippen LogP contribution in [0.1, 0.15) is 28.9 Å². The summed E-state index contributed by atoms with van der Waals surface area (Å²) in [5.41, 5.74) is 2.50. The lowest BCUT2D eigenvalue weighted by molar-refractivity contribution is 0.0940. The molecule has 0 fully saturated rings. The monoisotopic (exact) mass is 384 g/mol. The predicted octanol–water partition coefficient (Wildman–Crippen LogP) is 4.55. The molecule has 1 heterocycles. The van der Waals surface area contributed by atoms with E-state index in [-0.39, 0.29) is 11.9 Å². The molecule has 3 aromatic carbocycles. The lowest BCUT2D eigenvalue weighted by Gasteiger charge is -2.15. The first kappa shape index (κ1) is 18.4. The highest BCUT2D eigenvalue weighted by atomic mass is 16.5. The summed E-state index contributed by atoms with van der Waals surface area (Å²) in [5.74, 6) is 1.31. The Bertz CT molecular complexity index is 1060. The normalized spacial score (nSPS) is 11.6. The number of carbonyl (C=O) groups excluding carboxylic acids is 1. The van der Waals surface area contributed by atoms with E-state index in [1.54, 1.807) is 35.3 Å². The van der Waals surface area contributed by atoms with Gasteiger partial charge < -0.3 is 10.1 Å². The van der Waals surface area contributed by atoms with Gasteiger partial charge in [-0.1, -0.05) is 30.3 Å². The summed E-state index contributed by atoms with van der Waals surface area (Å²) in [6.07, 6.45) is 3.14. The van der Waals surface area contributed by atoms with Crippen LogP contribution in [0.3, 0.4) is 0 Å². The summed E-state index contributed by atoms with van der Waals surface area (Å²) in [5, 5.41) is 7.13. The molecule has 4 aromatic rings. The highest BCUT2D eigenvalue weighted by Crippen LogP contribution is 2.22. The van der Waals surface area contributed by atoms with Crippen LogP contribution < -0.4 is 10.1 Å². The Morgan fingerprint density at radius 3 is 2.28 bits per heavy atom. The molecule has 0 saturated heterocycles. The van der Waals surface area contributed by atoms with Gasteiger partial charge >= 0.3 is 0 Å². The Hall–Kier alpha value is -3.93. The predicted molar refractivity (Wildman–Crippen MR) is 110 cm³/mol. The molecule has 6 nitrogen and oxygen atoms in total. The van der Waals surface area contributed by atoms with Gasteiger partial charge in [0.2, 0.25) is 0 Å². The first-order valence-corrected chi connectivity index (χ1v) is 9.28. The van der Waals surface area contributed by atoms with Crippen molar-refractivity contribution in [1.29, 1.82) is 0 Å². The van der Waals surface area contributed by atoms with E-state index < -0.39 is 0 Å². The van der Waals surface area contributed by atoms with Crippen LogP contribution in [0.25, 0.3) is 5.69 Å². The number of para-hydroxylation sites is 1. The molecular weight excluding hydrogens is 364 g/mol. The Morgan fingerprint density at radius 2 is 1.62 bits per heavy atom. The topological polar surface area (TPSA) is 69.0 Å². The Labute approximate surface area is 168 Å². The minimum Gasteiger partial charge on any atom is -0.457 e. The van der Waals surface area contributed by atoms with E-state index in [1.165, 1.54) is 6.33 Å². The summed E-state index contributed by atoms with van der Waals surface area (Å²) in [4.78, 5) is 16.5. The van der Waals surface area contributed by atoms with Crippen molar-refractivity contribution in [2.45, 2.75) is 13.0 Å². The van der Waals surface area contributed by atoms with Gasteiger partial charge in [0.05, 0.1) is 11.7 Å². The number of nitrogens with one attached hydrogen (secondary N) is 1. The highest BCUT2D eigenvalue weighted by Gasteiger charge is 2.12. The molecule has 1 aromatic heterocycles. The second-order valence-electron chi connectivity index (χ2n) is 6.57. The second kappa shape index (κ2) is 8.39. The van der Waals surface area contributed by atoms with Gasteiger partial charge in [-0.2, -0.15) is 5.10 Å². The summed E-state index contributed by atoms with van der Waals surface area (Å²) < 4.78 is 7.45. The van der Waals surface area contributed by atoms with Crippen LogP contribution in [0.5, 0.6) is 11.5 Å². The maximum atomic E-state index is 12.6. The molecule has 144 valence electrons. The molecule has 0 aliphatic heterocycles. The van der Waals surface area contributed by atoms with E-state index in [2.05, 4.69) is 15.4 Å². The number of amides is 1. The van der Waals surface area contributed by atoms with Gasteiger partial charge in [-0.25, -0.2) is 9.67 Å². The highest BCUT2D eigenvalue weighted by molar-refractivity contribution is 5.94. The maximum absolute atomic E-state index is 12.6. The number of ether oxygens (including phenoxy) is 1. The minimum absolute atomic E-state index is 0.132. The van der Waals surface area contributed by atoms with Gasteiger partial charge in [-0.05, 0) is 61.0 Å². The van der Waals surface area contributed by atoms with Crippen molar-refractivity contribution in [3.8, 4) is 17.2 Å². The smallest absolute Gasteiger partial charge is 0.251 e. The molecule has 1 N–H and O–H groups in total. The third kappa shape index (κ3) is 4.50. The molecule has 0 spiro atoms. The van der Waals surface area contributed by atoms with Gasteiger partial charge in [-0.15, -0.1) is 0 Å². The number of rotatable bonds is 6. The zero-order valence-electron chi connectivity index (χ0n) is 15.9. The van der Waals surface area contributed by atoms with Crippen molar-refractivity contribution in [3.63, 3.8) is 0 Å². The number of hydrogen-bond acceptors (Lipinski definition) is 4. The standard InChI is InChI=1S/C23H20N4O2/c1-17(18-7-11-20(12-8-18)27-16-24-15-25-27)26-23(28)19-9-13-22(14-10-19)29-21-5-3-2-4-6-21/h2-17H,1H3,(H,26,28). The Morgan fingerprint density at radius 1 is 0.931 bits per heavy atom. The molecule has 29 heavy (non-hydrogen) atoms. The molecule has 1 unspecified atom stereocenters. The lowest BCUT2D eigenvalue weighted by atomic mass is 10.1. The van der Waals surface area contributed by atoms with Crippen molar-refractivity contribution in [1.82, 2.24) is 20.1 Å². The molecule has 0 aliphatic rings. The molecular formula is C23H20N4O2. The van der Waals surface area contributed by atoms with Crippen LogP contribution in [-0.2, 0) is 0 Å².